The van der Waals surface area contributed by atoms with Gasteiger partial charge in [0.25, 0.3) is 0 Å². The van der Waals surface area contributed by atoms with Crippen molar-refractivity contribution in [2.75, 3.05) is 31.6 Å². The number of fused-ring (bicyclic) bond motifs is 1. The van der Waals surface area contributed by atoms with Crippen LogP contribution in [0.25, 0.3) is 5.65 Å². The van der Waals surface area contributed by atoms with Gasteiger partial charge in [-0.05, 0) is 35.4 Å². The predicted molar refractivity (Wildman–Crippen MR) is 67.7 cm³/mol. The van der Waals surface area contributed by atoms with Crippen molar-refractivity contribution in [3.05, 3.63) is 12.1 Å². The van der Waals surface area contributed by atoms with Crippen LogP contribution >= 0.6 is 0 Å². The van der Waals surface area contributed by atoms with Crippen molar-refractivity contribution < 1.29 is 4.79 Å². The van der Waals surface area contributed by atoms with Gasteiger partial charge < -0.3 is 9.80 Å². The van der Waals surface area contributed by atoms with E-state index in [9.17, 15) is 4.79 Å². The maximum atomic E-state index is 12.1. The molecule has 3 heterocycles. The molecule has 0 saturated carbocycles. The molecule has 2 aromatic rings. The molecule has 0 bridgehead atoms. The Balaban J connectivity index is 1.71. The first kappa shape index (κ1) is 11.8. The number of tetrazole rings is 1. The number of aromatic nitrogens is 5. The average Bonchev–Trinajstić information content (AvgIpc) is 3.09. The molecule has 19 heavy (non-hydrogen) atoms. The fourth-order valence-electron chi connectivity index (χ4n) is 2.19. The minimum atomic E-state index is 0.138. The highest BCUT2D eigenvalue weighted by molar-refractivity contribution is 5.81. The van der Waals surface area contributed by atoms with Crippen LogP contribution in [0.2, 0.25) is 0 Å². The Morgan fingerprint density at radius 1 is 1.37 bits per heavy atom. The molecule has 0 aliphatic carbocycles. The summed E-state index contributed by atoms with van der Waals surface area (Å²) in [4.78, 5) is 15.8. The third kappa shape index (κ3) is 2.33. The number of anilines is 1. The molecule has 100 valence electrons. The first-order valence-electron chi connectivity index (χ1n) is 6.28. The summed E-state index contributed by atoms with van der Waals surface area (Å²) in [5.74, 6) is 0.811. The van der Waals surface area contributed by atoms with Crippen molar-refractivity contribution in [2.45, 2.75) is 12.8 Å². The van der Waals surface area contributed by atoms with Crippen molar-refractivity contribution in [3.63, 3.8) is 0 Å². The van der Waals surface area contributed by atoms with Crippen LogP contribution in [0.5, 0.6) is 0 Å². The van der Waals surface area contributed by atoms with Gasteiger partial charge in [-0.1, -0.05) is 0 Å². The van der Waals surface area contributed by atoms with Crippen LogP contribution in [-0.2, 0) is 4.79 Å². The van der Waals surface area contributed by atoms with E-state index in [-0.39, 0.29) is 5.91 Å². The summed E-state index contributed by atoms with van der Waals surface area (Å²) >= 11 is 0. The summed E-state index contributed by atoms with van der Waals surface area (Å²) in [5, 5.41) is 15.3. The Bertz CT molecular complexity index is 589. The normalized spacial score (nSPS) is 15.1. The monoisotopic (exact) mass is 261 g/mol. The standard InChI is InChI=1S/C11H15N7O/c1-16(8-11(19)17-6-2-3-7-17)10-5-4-9-12-14-15-18(9)13-10/h4-5H,2-3,6-8H2,1H3. The van der Waals surface area contributed by atoms with E-state index < -0.39 is 0 Å². The fraction of sp³-hybridized carbons (Fsp3) is 0.545. The first-order valence-corrected chi connectivity index (χ1v) is 6.28. The van der Waals surface area contributed by atoms with Gasteiger partial charge >= 0.3 is 0 Å². The number of likely N-dealkylation sites (tertiary alicyclic amines) is 1. The number of hydrogen-bond donors (Lipinski definition) is 0. The van der Waals surface area contributed by atoms with E-state index in [1.807, 2.05) is 22.9 Å². The lowest BCUT2D eigenvalue weighted by Crippen LogP contribution is -2.37. The molecular formula is C11H15N7O. The highest BCUT2D eigenvalue weighted by Crippen LogP contribution is 2.11. The second-order valence-corrected chi connectivity index (χ2v) is 4.66. The van der Waals surface area contributed by atoms with Crippen LogP contribution in [-0.4, -0.2) is 62.7 Å². The van der Waals surface area contributed by atoms with Crippen molar-refractivity contribution in [1.29, 1.82) is 0 Å². The van der Waals surface area contributed by atoms with Gasteiger partial charge in [0.1, 0.15) is 0 Å². The van der Waals surface area contributed by atoms with Crippen molar-refractivity contribution in [3.8, 4) is 0 Å². The second kappa shape index (κ2) is 4.79. The maximum Gasteiger partial charge on any atom is 0.242 e. The Labute approximate surface area is 110 Å². The molecule has 1 aliphatic heterocycles. The zero-order valence-electron chi connectivity index (χ0n) is 10.7. The minimum Gasteiger partial charge on any atom is -0.349 e. The third-order valence-electron chi connectivity index (χ3n) is 3.28. The van der Waals surface area contributed by atoms with Crippen LogP contribution < -0.4 is 4.90 Å². The number of hydrogen-bond acceptors (Lipinski definition) is 6. The molecule has 8 nitrogen and oxygen atoms in total. The lowest BCUT2D eigenvalue weighted by atomic mass is 10.4. The number of nitrogens with zero attached hydrogens (tertiary/aromatic N) is 7. The molecular weight excluding hydrogens is 246 g/mol. The molecule has 8 heteroatoms. The Hall–Kier alpha value is -2.25. The molecule has 0 radical (unpaired) electrons. The molecule has 1 saturated heterocycles. The summed E-state index contributed by atoms with van der Waals surface area (Å²) in [6, 6.07) is 3.59. The number of carbonyl (C=O) groups excluding carboxylic acids is 1. The highest BCUT2D eigenvalue weighted by Gasteiger charge is 2.19. The quantitative estimate of drug-likeness (QED) is 0.746. The Morgan fingerprint density at radius 2 is 2.16 bits per heavy atom. The smallest absolute Gasteiger partial charge is 0.242 e. The zero-order chi connectivity index (χ0) is 13.2. The van der Waals surface area contributed by atoms with Gasteiger partial charge in [0.2, 0.25) is 5.91 Å². The maximum absolute atomic E-state index is 12.1. The largest absolute Gasteiger partial charge is 0.349 e. The van der Waals surface area contributed by atoms with Gasteiger partial charge in [-0.2, -0.15) is 0 Å². The second-order valence-electron chi connectivity index (χ2n) is 4.66. The molecule has 0 aromatic carbocycles. The summed E-state index contributed by atoms with van der Waals surface area (Å²) in [6.07, 6.45) is 2.20. The molecule has 3 rings (SSSR count). The van der Waals surface area contributed by atoms with E-state index in [1.54, 1.807) is 6.07 Å². The average molecular weight is 261 g/mol. The van der Waals surface area contributed by atoms with Gasteiger partial charge in [-0.3, -0.25) is 4.79 Å². The van der Waals surface area contributed by atoms with Gasteiger partial charge in [-0.25, -0.2) is 0 Å². The molecule has 0 N–H and O–H groups in total. The van der Waals surface area contributed by atoms with Crippen LogP contribution in [0, 0.1) is 0 Å². The Morgan fingerprint density at radius 3 is 2.95 bits per heavy atom. The molecule has 2 aromatic heterocycles. The lowest BCUT2D eigenvalue weighted by Gasteiger charge is -2.21. The van der Waals surface area contributed by atoms with Crippen LogP contribution in [0.4, 0.5) is 5.82 Å². The fourth-order valence-corrected chi connectivity index (χ4v) is 2.19. The van der Waals surface area contributed by atoms with Gasteiger partial charge in [0.15, 0.2) is 11.5 Å². The summed E-state index contributed by atoms with van der Waals surface area (Å²) in [5.41, 5.74) is 0.586. The predicted octanol–water partition coefficient (Wildman–Crippen LogP) is -0.422. The van der Waals surface area contributed by atoms with E-state index in [2.05, 4.69) is 20.6 Å². The van der Waals surface area contributed by atoms with Gasteiger partial charge in [0, 0.05) is 20.1 Å². The molecule has 0 spiro atoms. The topological polar surface area (TPSA) is 79.5 Å². The van der Waals surface area contributed by atoms with Crippen molar-refractivity contribution in [2.24, 2.45) is 0 Å². The van der Waals surface area contributed by atoms with Crippen molar-refractivity contribution in [1.82, 2.24) is 30.2 Å². The van der Waals surface area contributed by atoms with E-state index >= 15 is 0 Å². The zero-order valence-corrected chi connectivity index (χ0v) is 10.7. The SMILES string of the molecule is CN(CC(=O)N1CCCC1)c1ccc2nnnn2n1. The Kier molecular flexibility index (Phi) is 2.98. The number of rotatable bonds is 3. The number of carbonyl (C=O) groups is 1. The summed E-state index contributed by atoms with van der Waals surface area (Å²) in [6.45, 7) is 2.05. The van der Waals surface area contributed by atoms with E-state index in [1.165, 1.54) is 4.63 Å². The number of amides is 1. The lowest BCUT2D eigenvalue weighted by molar-refractivity contribution is -0.128. The number of likely N-dealkylation sites (N-methyl/N-ethyl adjacent to an activating group) is 1. The van der Waals surface area contributed by atoms with Crippen molar-refractivity contribution >= 4 is 17.4 Å². The summed E-state index contributed by atoms with van der Waals surface area (Å²) in [7, 11) is 1.84. The van der Waals surface area contributed by atoms with Gasteiger partial charge in [-0.15, -0.1) is 14.8 Å². The van der Waals surface area contributed by atoms with E-state index in [0.717, 1.165) is 25.9 Å². The highest BCUT2D eigenvalue weighted by atomic mass is 16.2. The van der Waals surface area contributed by atoms with E-state index in [0.29, 0.717) is 18.0 Å². The molecule has 1 fully saturated rings. The molecule has 1 aliphatic rings. The van der Waals surface area contributed by atoms with Gasteiger partial charge in [0.05, 0.1) is 6.54 Å². The summed E-state index contributed by atoms with van der Waals surface area (Å²) < 4.78 is 1.35. The molecule has 0 unspecified atom stereocenters. The van der Waals surface area contributed by atoms with Crippen LogP contribution in [0.15, 0.2) is 12.1 Å². The van der Waals surface area contributed by atoms with Crippen LogP contribution in [0.3, 0.4) is 0 Å². The minimum absolute atomic E-state index is 0.138. The first-order chi connectivity index (χ1) is 9.24. The molecule has 0 atom stereocenters. The third-order valence-corrected chi connectivity index (χ3v) is 3.28. The van der Waals surface area contributed by atoms with Crippen LogP contribution in [0.1, 0.15) is 12.8 Å². The molecule has 1 amide bonds. The van der Waals surface area contributed by atoms with E-state index in [4.69, 9.17) is 0 Å².